The van der Waals surface area contributed by atoms with Gasteiger partial charge in [-0.05, 0) is 36.8 Å². The van der Waals surface area contributed by atoms with Crippen LogP contribution in [0.5, 0.6) is 0 Å². The van der Waals surface area contributed by atoms with E-state index < -0.39 is 11.6 Å². The van der Waals surface area contributed by atoms with Crippen LogP contribution in [0.1, 0.15) is 31.7 Å². The molecule has 1 aromatic carbocycles. The number of likely N-dealkylation sites (tertiary alicyclic amines) is 1. The van der Waals surface area contributed by atoms with Gasteiger partial charge >= 0.3 is 6.03 Å². The first kappa shape index (κ1) is 17.9. The molecule has 2 rings (SSSR count). The minimum atomic E-state index is -0.717. The zero-order valence-electron chi connectivity index (χ0n) is 13.0. The lowest BCUT2D eigenvalue weighted by Crippen LogP contribution is -2.48. The van der Waals surface area contributed by atoms with Gasteiger partial charge in [-0.2, -0.15) is 0 Å². The highest BCUT2D eigenvalue weighted by Gasteiger charge is 2.33. The van der Waals surface area contributed by atoms with Crippen LogP contribution in [0.2, 0.25) is 5.02 Å². The van der Waals surface area contributed by atoms with E-state index >= 15 is 0 Å². The van der Waals surface area contributed by atoms with E-state index in [1.165, 1.54) is 0 Å². The molecule has 2 N–H and O–H groups in total. The lowest BCUT2D eigenvalue weighted by molar-refractivity contribution is 0.0519. The summed E-state index contributed by atoms with van der Waals surface area (Å²) in [5.41, 5.74) is -0.0575. The maximum Gasteiger partial charge on any atom is 0.317 e. The Morgan fingerprint density at radius 1 is 1.35 bits per heavy atom. The summed E-state index contributed by atoms with van der Waals surface area (Å²) >= 11 is 5.49. The molecule has 0 radical (unpaired) electrons. The summed E-state index contributed by atoms with van der Waals surface area (Å²) in [6.07, 6.45) is 2.34. The number of carbonyl (C=O) groups excluding carboxylic acids is 1. The fourth-order valence-corrected chi connectivity index (χ4v) is 2.94. The van der Waals surface area contributed by atoms with Crippen LogP contribution in [-0.2, 0) is 6.54 Å². The standard InChI is InChI=1S/C16H21ClF2N2O2/c1-2-16(10-22)3-5-21(6-4-16)15(23)20-9-11-7-14(19)12(17)8-13(11)18/h7-8,22H,2-6,9-10H2,1H3,(H,20,23). The van der Waals surface area contributed by atoms with Crippen molar-refractivity contribution in [3.63, 3.8) is 0 Å². The molecule has 0 atom stereocenters. The molecule has 7 heteroatoms. The van der Waals surface area contributed by atoms with E-state index in [9.17, 15) is 18.7 Å². The number of hydrogen-bond donors (Lipinski definition) is 2. The van der Waals surface area contributed by atoms with Crippen molar-refractivity contribution in [3.05, 3.63) is 34.4 Å². The first-order valence-electron chi connectivity index (χ1n) is 7.68. The van der Waals surface area contributed by atoms with Crippen LogP contribution in [0.25, 0.3) is 0 Å². The summed E-state index contributed by atoms with van der Waals surface area (Å²) in [4.78, 5) is 13.8. The van der Waals surface area contributed by atoms with E-state index in [2.05, 4.69) is 5.32 Å². The zero-order valence-corrected chi connectivity index (χ0v) is 13.8. The number of nitrogens with one attached hydrogen (secondary N) is 1. The van der Waals surface area contributed by atoms with Crippen molar-refractivity contribution in [1.82, 2.24) is 10.2 Å². The summed E-state index contributed by atoms with van der Waals surface area (Å²) in [5, 5.41) is 11.8. The van der Waals surface area contributed by atoms with Crippen molar-refractivity contribution >= 4 is 17.6 Å². The predicted octanol–water partition coefficient (Wildman–Crippen LogP) is 3.31. The van der Waals surface area contributed by atoms with Crippen LogP contribution in [0.3, 0.4) is 0 Å². The van der Waals surface area contributed by atoms with Gasteiger partial charge in [0.05, 0.1) is 5.02 Å². The van der Waals surface area contributed by atoms with Gasteiger partial charge in [0, 0.05) is 31.8 Å². The molecule has 1 heterocycles. The lowest BCUT2D eigenvalue weighted by Gasteiger charge is -2.40. The number of nitrogens with zero attached hydrogens (tertiary/aromatic N) is 1. The second-order valence-electron chi connectivity index (χ2n) is 6.02. The van der Waals surface area contributed by atoms with E-state index in [1.807, 2.05) is 6.92 Å². The highest BCUT2D eigenvalue weighted by Crippen LogP contribution is 2.34. The Kier molecular flexibility index (Phi) is 5.81. The van der Waals surface area contributed by atoms with Gasteiger partial charge in [0.2, 0.25) is 0 Å². The molecule has 0 spiro atoms. The van der Waals surface area contributed by atoms with Gasteiger partial charge in [-0.3, -0.25) is 0 Å². The molecule has 0 aromatic heterocycles. The number of hydrogen-bond acceptors (Lipinski definition) is 2. The Labute approximate surface area is 139 Å². The Bertz CT molecular complexity index is 569. The van der Waals surface area contributed by atoms with Crippen molar-refractivity contribution in [2.24, 2.45) is 5.41 Å². The van der Waals surface area contributed by atoms with Crippen molar-refractivity contribution in [2.45, 2.75) is 32.7 Å². The molecule has 1 aromatic rings. The minimum Gasteiger partial charge on any atom is -0.396 e. The van der Waals surface area contributed by atoms with E-state index in [-0.39, 0.29) is 35.2 Å². The number of piperidine rings is 1. The van der Waals surface area contributed by atoms with E-state index in [1.54, 1.807) is 4.90 Å². The van der Waals surface area contributed by atoms with Crippen molar-refractivity contribution in [2.75, 3.05) is 19.7 Å². The number of benzene rings is 1. The minimum absolute atomic E-state index is 0.0514. The van der Waals surface area contributed by atoms with E-state index in [0.717, 1.165) is 31.4 Å². The first-order chi connectivity index (χ1) is 10.9. The summed E-state index contributed by atoms with van der Waals surface area (Å²) < 4.78 is 27.0. The Hall–Kier alpha value is -1.40. The number of carbonyl (C=O) groups is 1. The molecular weight excluding hydrogens is 326 g/mol. The maximum atomic E-state index is 13.7. The van der Waals surface area contributed by atoms with Crippen molar-refractivity contribution < 1.29 is 18.7 Å². The van der Waals surface area contributed by atoms with Crippen LogP contribution >= 0.6 is 11.6 Å². The van der Waals surface area contributed by atoms with Crippen LogP contribution in [0.4, 0.5) is 13.6 Å². The molecule has 0 unspecified atom stereocenters. The lowest BCUT2D eigenvalue weighted by atomic mass is 9.77. The summed E-state index contributed by atoms with van der Waals surface area (Å²) in [6, 6.07) is 1.57. The molecule has 0 aliphatic carbocycles. The fraction of sp³-hybridized carbons (Fsp3) is 0.562. The highest BCUT2D eigenvalue weighted by atomic mass is 35.5. The predicted molar refractivity (Wildman–Crippen MR) is 84.2 cm³/mol. The van der Waals surface area contributed by atoms with Gasteiger partial charge in [-0.1, -0.05) is 18.5 Å². The third-order valence-electron chi connectivity index (χ3n) is 4.72. The molecular formula is C16H21ClF2N2O2. The summed E-state index contributed by atoms with van der Waals surface area (Å²) in [6.45, 7) is 3.13. The van der Waals surface area contributed by atoms with Crippen molar-refractivity contribution in [1.29, 1.82) is 0 Å². The smallest absolute Gasteiger partial charge is 0.317 e. The maximum absolute atomic E-state index is 13.7. The Balaban J connectivity index is 1.90. The van der Waals surface area contributed by atoms with Gasteiger partial charge in [-0.15, -0.1) is 0 Å². The van der Waals surface area contributed by atoms with Gasteiger partial charge < -0.3 is 15.3 Å². The molecule has 2 amide bonds. The quantitative estimate of drug-likeness (QED) is 0.822. The summed E-state index contributed by atoms with van der Waals surface area (Å²) in [5.74, 6) is -1.37. The van der Waals surface area contributed by atoms with Gasteiger partial charge in [-0.25, -0.2) is 13.6 Å². The molecule has 1 aliphatic rings. The monoisotopic (exact) mass is 346 g/mol. The molecule has 0 bridgehead atoms. The van der Waals surface area contributed by atoms with Crippen LogP contribution in [0.15, 0.2) is 12.1 Å². The second-order valence-corrected chi connectivity index (χ2v) is 6.42. The normalized spacial score (nSPS) is 17.2. The molecule has 23 heavy (non-hydrogen) atoms. The van der Waals surface area contributed by atoms with Crippen LogP contribution in [-0.4, -0.2) is 35.7 Å². The number of urea groups is 1. The Morgan fingerprint density at radius 3 is 2.57 bits per heavy atom. The number of rotatable bonds is 4. The van der Waals surface area contributed by atoms with E-state index in [0.29, 0.717) is 13.1 Å². The number of aliphatic hydroxyl groups is 1. The molecule has 1 fully saturated rings. The number of amides is 2. The molecule has 4 nitrogen and oxygen atoms in total. The zero-order chi connectivity index (χ0) is 17.0. The largest absolute Gasteiger partial charge is 0.396 e. The summed E-state index contributed by atoms with van der Waals surface area (Å²) in [7, 11) is 0. The van der Waals surface area contributed by atoms with Gasteiger partial charge in [0.1, 0.15) is 11.6 Å². The molecule has 128 valence electrons. The second kappa shape index (κ2) is 7.45. The third-order valence-corrected chi connectivity index (χ3v) is 5.01. The first-order valence-corrected chi connectivity index (χ1v) is 8.05. The average molecular weight is 347 g/mol. The fourth-order valence-electron chi connectivity index (χ4n) is 2.79. The number of aliphatic hydroxyl groups excluding tert-OH is 1. The molecule has 0 saturated carbocycles. The molecule has 1 aliphatic heterocycles. The topological polar surface area (TPSA) is 52.6 Å². The Morgan fingerprint density at radius 2 is 2.00 bits per heavy atom. The van der Waals surface area contributed by atoms with Gasteiger partial charge in [0.25, 0.3) is 0 Å². The van der Waals surface area contributed by atoms with E-state index in [4.69, 9.17) is 11.6 Å². The third kappa shape index (κ3) is 4.12. The highest BCUT2D eigenvalue weighted by molar-refractivity contribution is 6.30. The van der Waals surface area contributed by atoms with Crippen LogP contribution < -0.4 is 5.32 Å². The van der Waals surface area contributed by atoms with Crippen LogP contribution in [0, 0.1) is 17.0 Å². The van der Waals surface area contributed by atoms with Gasteiger partial charge in [0.15, 0.2) is 0 Å². The van der Waals surface area contributed by atoms with Crippen molar-refractivity contribution in [3.8, 4) is 0 Å². The number of halogens is 3. The average Bonchev–Trinajstić information content (AvgIpc) is 2.56. The SMILES string of the molecule is CCC1(CO)CCN(C(=O)NCc2cc(F)c(Cl)cc2F)CC1. The molecule has 1 saturated heterocycles.